The van der Waals surface area contributed by atoms with Gasteiger partial charge in [-0.05, 0) is 39.3 Å². The van der Waals surface area contributed by atoms with E-state index in [1.165, 1.54) is 58.0 Å². The van der Waals surface area contributed by atoms with Crippen LogP contribution in [0.1, 0.15) is 58.8 Å². The average molecular weight is 226 g/mol. The molecule has 0 radical (unpaired) electrons. The molecule has 1 atom stereocenters. The monoisotopic (exact) mass is 226 g/mol. The van der Waals surface area contributed by atoms with Crippen LogP contribution < -0.4 is 5.32 Å². The molecule has 1 fully saturated rings. The van der Waals surface area contributed by atoms with Crippen LogP contribution in [-0.4, -0.2) is 37.1 Å². The van der Waals surface area contributed by atoms with Crippen LogP contribution >= 0.6 is 0 Å². The number of nitrogens with zero attached hydrogens (tertiary/aromatic N) is 1. The minimum Gasteiger partial charge on any atom is -0.312 e. The molecule has 2 heteroatoms. The van der Waals surface area contributed by atoms with Crippen molar-refractivity contribution in [2.75, 3.05) is 20.1 Å². The van der Waals surface area contributed by atoms with Gasteiger partial charge in [-0.3, -0.25) is 0 Å². The topological polar surface area (TPSA) is 15.3 Å². The fourth-order valence-corrected chi connectivity index (χ4v) is 2.75. The van der Waals surface area contributed by atoms with Gasteiger partial charge in [-0.15, -0.1) is 0 Å². The zero-order valence-electron chi connectivity index (χ0n) is 11.5. The van der Waals surface area contributed by atoms with Gasteiger partial charge in [0.1, 0.15) is 0 Å². The van der Waals surface area contributed by atoms with E-state index in [1.807, 2.05) is 0 Å². The molecule has 0 aromatic heterocycles. The van der Waals surface area contributed by atoms with E-state index in [9.17, 15) is 0 Å². The van der Waals surface area contributed by atoms with E-state index in [0.717, 1.165) is 12.1 Å². The Morgan fingerprint density at radius 1 is 1.19 bits per heavy atom. The van der Waals surface area contributed by atoms with E-state index in [4.69, 9.17) is 0 Å². The lowest BCUT2D eigenvalue weighted by atomic mass is 10.0. The van der Waals surface area contributed by atoms with E-state index in [1.54, 1.807) is 0 Å². The molecule has 1 N–H and O–H groups in total. The summed E-state index contributed by atoms with van der Waals surface area (Å²) in [5.74, 6) is 0. The molecule has 0 aromatic carbocycles. The largest absolute Gasteiger partial charge is 0.312 e. The van der Waals surface area contributed by atoms with Gasteiger partial charge in [0, 0.05) is 18.6 Å². The predicted molar refractivity (Wildman–Crippen MR) is 71.9 cm³/mol. The molecule has 0 spiro atoms. The smallest absolute Gasteiger partial charge is 0.0217 e. The first-order chi connectivity index (χ1) is 7.77. The molecule has 1 saturated heterocycles. The number of rotatable bonds is 7. The number of likely N-dealkylation sites (N-methyl/N-ethyl adjacent to an activating group) is 1. The molecule has 1 heterocycles. The van der Waals surface area contributed by atoms with Crippen LogP contribution in [-0.2, 0) is 0 Å². The van der Waals surface area contributed by atoms with Crippen molar-refractivity contribution in [3.8, 4) is 0 Å². The van der Waals surface area contributed by atoms with Crippen LogP contribution in [0.2, 0.25) is 0 Å². The van der Waals surface area contributed by atoms with E-state index in [-0.39, 0.29) is 0 Å². The van der Waals surface area contributed by atoms with Crippen LogP contribution in [0, 0.1) is 0 Å². The number of piperidine rings is 1. The van der Waals surface area contributed by atoms with Crippen LogP contribution in [0.4, 0.5) is 0 Å². The first kappa shape index (κ1) is 14.0. The Morgan fingerprint density at radius 2 is 1.88 bits per heavy atom. The van der Waals surface area contributed by atoms with Crippen LogP contribution in [0.5, 0.6) is 0 Å². The average Bonchev–Trinajstić information content (AvgIpc) is 2.28. The molecule has 1 aliphatic rings. The molecule has 0 aromatic rings. The fraction of sp³-hybridized carbons (Fsp3) is 1.00. The lowest BCUT2D eigenvalue weighted by Gasteiger charge is -2.33. The first-order valence-corrected chi connectivity index (χ1v) is 7.21. The maximum atomic E-state index is 3.78. The standard InChI is InChI=1S/C14H30N2/c1-4-8-13(9-5-2)15-12-14-10-6-7-11-16(14)3/h13-15H,4-12H2,1-3H3. The van der Waals surface area contributed by atoms with Gasteiger partial charge in [-0.1, -0.05) is 33.1 Å². The van der Waals surface area contributed by atoms with E-state index < -0.39 is 0 Å². The Hall–Kier alpha value is -0.0800. The molecule has 2 nitrogen and oxygen atoms in total. The highest BCUT2D eigenvalue weighted by Crippen LogP contribution is 2.15. The number of likely N-dealkylation sites (tertiary alicyclic amines) is 1. The van der Waals surface area contributed by atoms with Gasteiger partial charge in [0.05, 0.1) is 0 Å². The highest BCUT2D eigenvalue weighted by molar-refractivity contribution is 4.78. The SMILES string of the molecule is CCCC(CCC)NCC1CCCCN1C. The summed E-state index contributed by atoms with van der Waals surface area (Å²) in [5.41, 5.74) is 0. The van der Waals surface area contributed by atoms with Crippen molar-refractivity contribution >= 4 is 0 Å². The van der Waals surface area contributed by atoms with Gasteiger partial charge < -0.3 is 10.2 Å². The maximum absolute atomic E-state index is 3.78. The summed E-state index contributed by atoms with van der Waals surface area (Å²) in [5, 5.41) is 3.78. The summed E-state index contributed by atoms with van der Waals surface area (Å²) in [7, 11) is 2.28. The summed E-state index contributed by atoms with van der Waals surface area (Å²) in [6, 6.07) is 1.54. The summed E-state index contributed by atoms with van der Waals surface area (Å²) >= 11 is 0. The van der Waals surface area contributed by atoms with Crippen molar-refractivity contribution in [3.63, 3.8) is 0 Å². The molecule has 0 aliphatic carbocycles. The minimum atomic E-state index is 0.755. The van der Waals surface area contributed by atoms with Gasteiger partial charge >= 0.3 is 0 Å². The molecular weight excluding hydrogens is 196 g/mol. The molecule has 1 aliphatic heterocycles. The third-order valence-corrected chi connectivity index (χ3v) is 3.84. The summed E-state index contributed by atoms with van der Waals surface area (Å²) in [6.07, 6.45) is 9.47. The van der Waals surface area contributed by atoms with Crippen molar-refractivity contribution in [1.82, 2.24) is 10.2 Å². The Labute approximate surface area is 102 Å². The van der Waals surface area contributed by atoms with Crippen LogP contribution in [0.15, 0.2) is 0 Å². The third-order valence-electron chi connectivity index (χ3n) is 3.84. The second kappa shape index (κ2) is 8.08. The Bertz CT molecular complexity index is 164. The number of nitrogens with one attached hydrogen (secondary N) is 1. The van der Waals surface area contributed by atoms with Crippen LogP contribution in [0.3, 0.4) is 0 Å². The molecule has 0 saturated carbocycles. The molecule has 0 bridgehead atoms. The lowest BCUT2D eigenvalue weighted by molar-refractivity contribution is 0.176. The van der Waals surface area contributed by atoms with Gasteiger partial charge in [-0.2, -0.15) is 0 Å². The summed E-state index contributed by atoms with van der Waals surface area (Å²) in [6.45, 7) is 7.06. The molecule has 96 valence electrons. The van der Waals surface area contributed by atoms with Gasteiger partial charge in [0.25, 0.3) is 0 Å². The van der Waals surface area contributed by atoms with Crippen molar-refractivity contribution in [2.45, 2.75) is 70.9 Å². The van der Waals surface area contributed by atoms with E-state index >= 15 is 0 Å². The molecule has 1 rings (SSSR count). The molecule has 16 heavy (non-hydrogen) atoms. The first-order valence-electron chi connectivity index (χ1n) is 7.21. The van der Waals surface area contributed by atoms with Crippen molar-refractivity contribution < 1.29 is 0 Å². The quantitative estimate of drug-likeness (QED) is 0.718. The highest BCUT2D eigenvalue weighted by Gasteiger charge is 2.19. The van der Waals surface area contributed by atoms with Crippen molar-refractivity contribution in [2.24, 2.45) is 0 Å². The minimum absolute atomic E-state index is 0.755. The summed E-state index contributed by atoms with van der Waals surface area (Å²) < 4.78 is 0. The Kier molecular flexibility index (Phi) is 7.06. The highest BCUT2D eigenvalue weighted by atomic mass is 15.2. The van der Waals surface area contributed by atoms with Gasteiger partial charge in [-0.25, -0.2) is 0 Å². The van der Waals surface area contributed by atoms with E-state index in [2.05, 4.69) is 31.1 Å². The van der Waals surface area contributed by atoms with Gasteiger partial charge in [0.15, 0.2) is 0 Å². The van der Waals surface area contributed by atoms with Crippen LogP contribution in [0.25, 0.3) is 0 Å². The molecule has 1 unspecified atom stereocenters. The van der Waals surface area contributed by atoms with Gasteiger partial charge in [0.2, 0.25) is 0 Å². The zero-order chi connectivity index (χ0) is 11.8. The summed E-state index contributed by atoms with van der Waals surface area (Å²) in [4.78, 5) is 2.53. The number of hydrogen-bond acceptors (Lipinski definition) is 2. The van der Waals surface area contributed by atoms with E-state index in [0.29, 0.717) is 0 Å². The second-order valence-electron chi connectivity index (χ2n) is 5.31. The Morgan fingerprint density at radius 3 is 2.44 bits per heavy atom. The number of hydrogen-bond donors (Lipinski definition) is 1. The third kappa shape index (κ3) is 4.84. The molecular formula is C14H30N2. The fourth-order valence-electron chi connectivity index (χ4n) is 2.75. The van der Waals surface area contributed by atoms with Crippen molar-refractivity contribution in [1.29, 1.82) is 0 Å². The zero-order valence-corrected chi connectivity index (χ0v) is 11.5. The second-order valence-corrected chi connectivity index (χ2v) is 5.31. The lowest BCUT2D eigenvalue weighted by Crippen LogP contribution is -2.45. The maximum Gasteiger partial charge on any atom is 0.0217 e. The van der Waals surface area contributed by atoms with Crippen molar-refractivity contribution in [3.05, 3.63) is 0 Å². The Balaban J connectivity index is 2.23. The predicted octanol–water partition coefficient (Wildman–Crippen LogP) is 3.03. The normalized spacial score (nSPS) is 22.9. The molecule has 0 amide bonds.